The van der Waals surface area contributed by atoms with Crippen LogP contribution in [0.3, 0.4) is 0 Å². The van der Waals surface area contributed by atoms with Crippen molar-refractivity contribution in [1.29, 1.82) is 0 Å². The van der Waals surface area contributed by atoms with E-state index in [9.17, 15) is 9.18 Å². The fourth-order valence-corrected chi connectivity index (χ4v) is 2.64. The molecule has 1 heterocycles. The SMILES string of the molecule is O=C(NCc1ccc(Cn2ccnc2)cc1)c1ccc(Br)cc1F. The highest BCUT2D eigenvalue weighted by Crippen LogP contribution is 2.15. The molecule has 6 heteroatoms. The summed E-state index contributed by atoms with van der Waals surface area (Å²) >= 11 is 3.17. The number of rotatable bonds is 5. The van der Waals surface area contributed by atoms with Crippen LogP contribution in [-0.4, -0.2) is 15.5 Å². The molecule has 122 valence electrons. The number of hydrogen-bond acceptors (Lipinski definition) is 2. The van der Waals surface area contributed by atoms with Crippen LogP contribution in [0.4, 0.5) is 4.39 Å². The van der Waals surface area contributed by atoms with Crippen LogP contribution in [0.5, 0.6) is 0 Å². The normalized spacial score (nSPS) is 10.6. The average Bonchev–Trinajstić information content (AvgIpc) is 3.07. The van der Waals surface area contributed by atoms with E-state index in [4.69, 9.17) is 0 Å². The summed E-state index contributed by atoms with van der Waals surface area (Å²) in [5.41, 5.74) is 2.13. The summed E-state index contributed by atoms with van der Waals surface area (Å²) in [6, 6.07) is 12.3. The molecule has 1 N–H and O–H groups in total. The molecule has 3 rings (SSSR count). The van der Waals surface area contributed by atoms with Gasteiger partial charge < -0.3 is 9.88 Å². The maximum atomic E-state index is 13.8. The quantitative estimate of drug-likeness (QED) is 0.724. The van der Waals surface area contributed by atoms with Crippen molar-refractivity contribution >= 4 is 21.8 Å². The number of amides is 1. The molecule has 0 aliphatic carbocycles. The number of nitrogens with one attached hydrogen (secondary N) is 1. The van der Waals surface area contributed by atoms with E-state index in [1.165, 1.54) is 12.1 Å². The molecule has 0 bridgehead atoms. The van der Waals surface area contributed by atoms with Gasteiger partial charge in [0.25, 0.3) is 5.91 Å². The van der Waals surface area contributed by atoms with E-state index in [0.29, 0.717) is 11.0 Å². The molecule has 0 saturated heterocycles. The van der Waals surface area contributed by atoms with Gasteiger partial charge in [0.1, 0.15) is 5.82 Å². The second kappa shape index (κ2) is 7.40. The number of carbonyl (C=O) groups excluding carboxylic acids is 1. The third kappa shape index (κ3) is 4.08. The Morgan fingerprint density at radius 1 is 1.17 bits per heavy atom. The topological polar surface area (TPSA) is 46.9 Å². The van der Waals surface area contributed by atoms with Gasteiger partial charge in [0, 0.05) is 30.0 Å². The van der Waals surface area contributed by atoms with E-state index in [-0.39, 0.29) is 5.56 Å². The van der Waals surface area contributed by atoms with Crippen LogP contribution in [0.1, 0.15) is 21.5 Å². The van der Waals surface area contributed by atoms with Gasteiger partial charge in [-0.15, -0.1) is 0 Å². The predicted molar refractivity (Wildman–Crippen MR) is 93.0 cm³/mol. The lowest BCUT2D eigenvalue weighted by Crippen LogP contribution is -2.23. The summed E-state index contributed by atoms with van der Waals surface area (Å²) in [4.78, 5) is 16.1. The summed E-state index contributed by atoms with van der Waals surface area (Å²) in [6.07, 6.45) is 5.41. The van der Waals surface area contributed by atoms with Gasteiger partial charge in [-0.1, -0.05) is 40.2 Å². The lowest BCUT2D eigenvalue weighted by molar-refractivity contribution is 0.0947. The van der Waals surface area contributed by atoms with E-state index in [1.54, 1.807) is 18.6 Å². The van der Waals surface area contributed by atoms with Crippen LogP contribution < -0.4 is 5.32 Å². The molecule has 0 spiro atoms. The van der Waals surface area contributed by atoms with Crippen molar-refractivity contribution in [2.75, 3.05) is 0 Å². The second-order valence-corrected chi connectivity index (χ2v) is 6.27. The molecule has 2 aromatic carbocycles. The fourth-order valence-electron chi connectivity index (χ4n) is 2.30. The third-order valence-electron chi connectivity index (χ3n) is 3.58. The van der Waals surface area contributed by atoms with E-state index in [1.807, 2.05) is 35.0 Å². The average molecular weight is 388 g/mol. The highest BCUT2D eigenvalue weighted by molar-refractivity contribution is 9.10. The Balaban J connectivity index is 1.59. The van der Waals surface area contributed by atoms with Crippen molar-refractivity contribution in [2.45, 2.75) is 13.1 Å². The Labute approximate surface area is 147 Å². The largest absolute Gasteiger partial charge is 0.348 e. The Bertz CT molecular complexity index is 832. The molecule has 3 aromatic rings. The molecule has 0 atom stereocenters. The monoisotopic (exact) mass is 387 g/mol. The first-order valence-corrected chi connectivity index (χ1v) is 8.18. The van der Waals surface area contributed by atoms with Gasteiger partial charge in [-0.3, -0.25) is 4.79 Å². The number of halogens is 2. The molecule has 0 aliphatic heterocycles. The zero-order valence-corrected chi connectivity index (χ0v) is 14.3. The molecule has 0 unspecified atom stereocenters. The van der Waals surface area contributed by atoms with E-state index >= 15 is 0 Å². The van der Waals surface area contributed by atoms with Gasteiger partial charge >= 0.3 is 0 Å². The zero-order chi connectivity index (χ0) is 16.9. The van der Waals surface area contributed by atoms with Crippen molar-refractivity contribution in [3.8, 4) is 0 Å². The van der Waals surface area contributed by atoms with E-state index in [2.05, 4.69) is 26.2 Å². The smallest absolute Gasteiger partial charge is 0.254 e. The molecule has 0 saturated carbocycles. The lowest BCUT2D eigenvalue weighted by atomic mass is 10.1. The predicted octanol–water partition coefficient (Wildman–Crippen LogP) is 3.76. The standard InChI is InChI=1S/C18H15BrFN3O/c19-15-5-6-16(17(20)9-15)18(24)22-10-13-1-3-14(4-2-13)11-23-8-7-21-12-23/h1-9,12H,10-11H2,(H,22,24). The van der Waals surface area contributed by atoms with Crippen LogP contribution in [0, 0.1) is 5.82 Å². The summed E-state index contributed by atoms with van der Waals surface area (Å²) in [5.74, 6) is -0.972. The summed E-state index contributed by atoms with van der Waals surface area (Å²) < 4.78 is 16.3. The van der Waals surface area contributed by atoms with Gasteiger partial charge in [0.15, 0.2) is 0 Å². The number of nitrogens with zero attached hydrogens (tertiary/aromatic N) is 2. The van der Waals surface area contributed by atoms with Gasteiger partial charge in [-0.25, -0.2) is 9.37 Å². The van der Waals surface area contributed by atoms with Crippen LogP contribution in [0.2, 0.25) is 0 Å². The molecule has 1 aromatic heterocycles. The second-order valence-electron chi connectivity index (χ2n) is 5.36. The Morgan fingerprint density at radius 3 is 2.58 bits per heavy atom. The van der Waals surface area contributed by atoms with Crippen LogP contribution in [0.15, 0.2) is 65.7 Å². The fraction of sp³-hybridized carbons (Fsp3) is 0.111. The van der Waals surface area contributed by atoms with E-state index < -0.39 is 11.7 Å². The first-order chi connectivity index (χ1) is 11.6. The summed E-state index contributed by atoms with van der Waals surface area (Å²) in [6.45, 7) is 1.09. The van der Waals surface area contributed by atoms with Crippen LogP contribution in [-0.2, 0) is 13.1 Å². The highest BCUT2D eigenvalue weighted by atomic mass is 79.9. The number of imidazole rings is 1. The van der Waals surface area contributed by atoms with Crippen molar-refractivity contribution < 1.29 is 9.18 Å². The Kier molecular flexibility index (Phi) is 5.05. The summed E-state index contributed by atoms with van der Waals surface area (Å²) in [5, 5.41) is 2.73. The number of aromatic nitrogens is 2. The van der Waals surface area contributed by atoms with Crippen molar-refractivity contribution in [2.24, 2.45) is 0 Å². The molecular formula is C18H15BrFN3O. The van der Waals surface area contributed by atoms with Gasteiger partial charge in [0.2, 0.25) is 0 Å². The third-order valence-corrected chi connectivity index (χ3v) is 4.07. The first-order valence-electron chi connectivity index (χ1n) is 7.38. The first kappa shape index (κ1) is 16.4. The molecule has 0 fully saturated rings. The minimum absolute atomic E-state index is 0.0370. The Morgan fingerprint density at radius 2 is 1.92 bits per heavy atom. The highest BCUT2D eigenvalue weighted by Gasteiger charge is 2.11. The molecule has 1 amide bonds. The summed E-state index contributed by atoms with van der Waals surface area (Å²) in [7, 11) is 0. The zero-order valence-electron chi connectivity index (χ0n) is 12.7. The van der Waals surface area contributed by atoms with Crippen molar-refractivity contribution in [3.63, 3.8) is 0 Å². The van der Waals surface area contributed by atoms with Gasteiger partial charge in [-0.2, -0.15) is 0 Å². The number of carbonyl (C=O) groups is 1. The maximum absolute atomic E-state index is 13.8. The van der Waals surface area contributed by atoms with Gasteiger partial charge in [0.05, 0.1) is 11.9 Å². The number of benzene rings is 2. The van der Waals surface area contributed by atoms with Crippen molar-refractivity contribution in [3.05, 3.63) is 88.2 Å². The molecule has 4 nitrogen and oxygen atoms in total. The van der Waals surface area contributed by atoms with Crippen LogP contribution >= 0.6 is 15.9 Å². The Hall–Kier alpha value is -2.47. The number of hydrogen-bond donors (Lipinski definition) is 1. The molecular weight excluding hydrogens is 373 g/mol. The molecule has 0 aliphatic rings. The minimum Gasteiger partial charge on any atom is -0.348 e. The molecule has 0 radical (unpaired) electrons. The lowest BCUT2D eigenvalue weighted by Gasteiger charge is -2.08. The van der Waals surface area contributed by atoms with Crippen molar-refractivity contribution in [1.82, 2.24) is 14.9 Å². The maximum Gasteiger partial charge on any atom is 0.254 e. The van der Waals surface area contributed by atoms with Crippen LogP contribution in [0.25, 0.3) is 0 Å². The van der Waals surface area contributed by atoms with E-state index in [0.717, 1.165) is 17.7 Å². The molecule has 24 heavy (non-hydrogen) atoms. The van der Waals surface area contributed by atoms with Gasteiger partial charge in [-0.05, 0) is 29.3 Å². The minimum atomic E-state index is -0.544.